The van der Waals surface area contributed by atoms with Crippen molar-refractivity contribution < 1.29 is 0 Å². The second-order valence-electron chi connectivity index (χ2n) is 4.05. The van der Waals surface area contributed by atoms with Gasteiger partial charge in [0.15, 0.2) is 0 Å². The standard InChI is InChI=1S/C12H16N4/c1-10-2-3-15-9-11(10)12(8-13)16-6-4-14-5-7-16/h2-3,9,12,14H,4-7H2,1H3. The minimum Gasteiger partial charge on any atom is -0.314 e. The second kappa shape index (κ2) is 5.06. The van der Waals surface area contributed by atoms with Crippen molar-refractivity contribution >= 4 is 0 Å². The summed E-state index contributed by atoms with van der Waals surface area (Å²) in [4.78, 5) is 6.32. The van der Waals surface area contributed by atoms with Crippen LogP contribution in [0.1, 0.15) is 17.2 Å². The Balaban J connectivity index is 2.22. The minimum absolute atomic E-state index is 0.157. The number of hydrogen-bond donors (Lipinski definition) is 1. The molecule has 0 aliphatic carbocycles. The zero-order chi connectivity index (χ0) is 11.4. The van der Waals surface area contributed by atoms with Crippen LogP contribution < -0.4 is 5.32 Å². The fourth-order valence-corrected chi connectivity index (χ4v) is 2.05. The van der Waals surface area contributed by atoms with Crippen LogP contribution in [0.2, 0.25) is 0 Å². The normalized spacial score (nSPS) is 19.0. The van der Waals surface area contributed by atoms with Crippen LogP contribution in [0.4, 0.5) is 0 Å². The van der Waals surface area contributed by atoms with Crippen LogP contribution in [0.5, 0.6) is 0 Å². The monoisotopic (exact) mass is 216 g/mol. The largest absolute Gasteiger partial charge is 0.314 e. The summed E-state index contributed by atoms with van der Waals surface area (Å²) < 4.78 is 0. The third-order valence-electron chi connectivity index (χ3n) is 3.01. The number of aryl methyl sites for hydroxylation is 1. The molecule has 1 unspecified atom stereocenters. The maximum Gasteiger partial charge on any atom is 0.125 e. The molecule has 4 nitrogen and oxygen atoms in total. The van der Waals surface area contributed by atoms with Gasteiger partial charge < -0.3 is 5.32 Å². The molecule has 0 bridgehead atoms. The topological polar surface area (TPSA) is 52.0 Å². The molecule has 1 aromatic rings. The number of nitrogens with one attached hydrogen (secondary N) is 1. The van der Waals surface area contributed by atoms with Gasteiger partial charge in [-0.2, -0.15) is 5.26 Å². The molecule has 0 amide bonds. The fraction of sp³-hybridized carbons (Fsp3) is 0.500. The summed E-state index contributed by atoms with van der Waals surface area (Å²) in [6.45, 7) is 5.79. The number of nitriles is 1. The number of nitrogens with zero attached hydrogens (tertiary/aromatic N) is 3. The number of piperazine rings is 1. The van der Waals surface area contributed by atoms with Gasteiger partial charge in [0.1, 0.15) is 6.04 Å². The highest BCUT2D eigenvalue weighted by molar-refractivity contribution is 5.29. The van der Waals surface area contributed by atoms with Crippen molar-refractivity contribution in [3.8, 4) is 6.07 Å². The SMILES string of the molecule is Cc1ccncc1C(C#N)N1CCNCC1. The predicted molar refractivity (Wildman–Crippen MR) is 61.8 cm³/mol. The summed E-state index contributed by atoms with van der Waals surface area (Å²) in [7, 11) is 0. The van der Waals surface area contributed by atoms with Gasteiger partial charge in [0.25, 0.3) is 0 Å². The summed E-state index contributed by atoms with van der Waals surface area (Å²) in [6, 6.07) is 4.19. The summed E-state index contributed by atoms with van der Waals surface area (Å²) in [5.41, 5.74) is 2.17. The molecule has 4 heteroatoms. The van der Waals surface area contributed by atoms with Gasteiger partial charge in [-0.3, -0.25) is 9.88 Å². The van der Waals surface area contributed by atoms with Crippen LogP contribution in [-0.4, -0.2) is 36.1 Å². The van der Waals surface area contributed by atoms with Crippen LogP contribution in [0.3, 0.4) is 0 Å². The molecule has 2 heterocycles. The molecule has 1 aliphatic rings. The lowest BCUT2D eigenvalue weighted by molar-refractivity contribution is 0.207. The molecule has 1 fully saturated rings. The molecule has 16 heavy (non-hydrogen) atoms. The molecule has 84 valence electrons. The lowest BCUT2D eigenvalue weighted by Gasteiger charge is -2.31. The summed E-state index contributed by atoms with van der Waals surface area (Å²) in [6.07, 6.45) is 3.58. The van der Waals surface area contributed by atoms with Gasteiger partial charge in [-0.05, 0) is 18.6 Å². The zero-order valence-electron chi connectivity index (χ0n) is 9.48. The van der Waals surface area contributed by atoms with E-state index in [4.69, 9.17) is 0 Å². The van der Waals surface area contributed by atoms with E-state index >= 15 is 0 Å². The number of hydrogen-bond acceptors (Lipinski definition) is 4. The lowest BCUT2D eigenvalue weighted by atomic mass is 10.0. The highest BCUT2D eigenvalue weighted by atomic mass is 15.2. The molecule has 0 spiro atoms. The third kappa shape index (κ3) is 2.21. The third-order valence-corrected chi connectivity index (χ3v) is 3.01. The Morgan fingerprint density at radius 3 is 2.88 bits per heavy atom. The van der Waals surface area contributed by atoms with E-state index in [1.54, 1.807) is 6.20 Å². The Kier molecular flexibility index (Phi) is 3.50. The molecule has 1 aliphatic heterocycles. The maximum absolute atomic E-state index is 9.32. The molecule has 0 radical (unpaired) electrons. The Bertz CT molecular complexity index is 390. The van der Waals surface area contributed by atoms with Gasteiger partial charge in [-0.1, -0.05) is 0 Å². The zero-order valence-corrected chi connectivity index (χ0v) is 9.48. The smallest absolute Gasteiger partial charge is 0.125 e. The summed E-state index contributed by atoms with van der Waals surface area (Å²) in [5, 5.41) is 12.6. The number of rotatable bonds is 2. The van der Waals surface area contributed by atoms with Crippen LogP contribution >= 0.6 is 0 Å². The maximum atomic E-state index is 9.32. The fourth-order valence-electron chi connectivity index (χ4n) is 2.05. The van der Waals surface area contributed by atoms with Crippen molar-refractivity contribution in [1.82, 2.24) is 15.2 Å². The first-order valence-electron chi connectivity index (χ1n) is 5.58. The van der Waals surface area contributed by atoms with Gasteiger partial charge in [0, 0.05) is 44.1 Å². The van der Waals surface area contributed by atoms with E-state index in [0.717, 1.165) is 37.3 Å². The molecule has 2 rings (SSSR count). The molecule has 0 saturated carbocycles. The Hall–Kier alpha value is -1.44. The first kappa shape index (κ1) is 11.1. The van der Waals surface area contributed by atoms with E-state index in [1.165, 1.54) is 0 Å². The molecule has 1 aromatic heterocycles. The van der Waals surface area contributed by atoms with Gasteiger partial charge in [0.05, 0.1) is 6.07 Å². The van der Waals surface area contributed by atoms with Crippen molar-refractivity contribution in [3.63, 3.8) is 0 Å². The van der Waals surface area contributed by atoms with Crippen LogP contribution in [0.15, 0.2) is 18.5 Å². The summed E-state index contributed by atoms with van der Waals surface area (Å²) >= 11 is 0. The molecule has 1 N–H and O–H groups in total. The molecule has 1 saturated heterocycles. The van der Waals surface area contributed by atoms with E-state index in [0.29, 0.717) is 0 Å². The lowest BCUT2D eigenvalue weighted by Crippen LogP contribution is -2.45. The van der Waals surface area contributed by atoms with Crippen molar-refractivity contribution in [3.05, 3.63) is 29.6 Å². The van der Waals surface area contributed by atoms with Gasteiger partial charge >= 0.3 is 0 Å². The minimum atomic E-state index is -0.157. The van der Waals surface area contributed by atoms with Crippen molar-refractivity contribution in [2.75, 3.05) is 26.2 Å². The molecular weight excluding hydrogens is 200 g/mol. The van der Waals surface area contributed by atoms with E-state index in [9.17, 15) is 5.26 Å². The first-order valence-corrected chi connectivity index (χ1v) is 5.58. The van der Waals surface area contributed by atoms with Gasteiger partial charge in [0.2, 0.25) is 0 Å². The number of aromatic nitrogens is 1. The van der Waals surface area contributed by atoms with Crippen molar-refractivity contribution in [1.29, 1.82) is 5.26 Å². The van der Waals surface area contributed by atoms with E-state index in [1.807, 2.05) is 19.2 Å². The Morgan fingerprint density at radius 2 is 2.25 bits per heavy atom. The first-order chi connectivity index (χ1) is 7.83. The average Bonchev–Trinajstić information content (AvgIpc) is 2.34. The van der Waals surface area contributed by atoms with E-state index in [2.05, 4.69) is 21.3 Å². The second-order valence-corrected chi connectivity index (χ2v) is 4.05. The Morgan fingerprint density at radius 1 is 1.50 bits per heavy atom. The van der Waals surface area contributed by atoms with Gasteiger partial charge in [-0.15, -0.1) is 0 Å². The highest BCUT2D eigenvalue weighted by Gasteiger charge is 2.22. The highest BCUT2D eigenvalue weighted by Crippen LogP contribution is 2.22. The summed E-state index contributed by atoms with van der Waals surface area (Å²) in [5.74, 6) is 0. The quantitative estimate of drug-likeness (QED) is 0.796. The van der Waals surface area contributed by atoms with Crippen LogP contribution in [0, 0.1) is 18.3 Å². The average molecular weight is 216 g/mol. The van der Waals surface area contributed by atoms with Crippen molar-refractivity contribution in [2.24, 2.45) is 0 Å². The predicted octanol–water partition coefficient (Wildman–Crippen LogP) is 0.860. The van der Waals surface area contributed by atoms with Crippen molar-refractivity contribution in [2.45, 2.75) is 13.0 Å². The molecular formula is C12H16N4. The van der Waals surface area contributed by atoms with E-state index in [-0.39, 0.29) is 6.04 Å². The molecule has 1 atom stereocenters. The van der Waals surface area contributed by atoms with Crippen LogP contribution in [-0.2, 0) is 0 Å². The van der Waals surface area contributed by atoms with Gasteiger partial charge in [-0.25, -0.2) is 0 Å². The van der Waals surface area contributed by atoms with Crippen LogP contribution in [0.25, 0.3) is 0 Å². The Labute approximate surface area is 95.9 Å². The number of pyridine rings is 1. The molecule has 0 aromatic carbocycles. The van der Waals surface area contributed by atoms with E-state index < -0.39 is 0 Å².